The number of ether oxygens (including phenoxy) is 1. The Kier molecular flexibility index (Phi) is 7.37. The zero-order chi connectivity index (χ0) is 24.1. The number of piperazine rings is 1. The molecule has 8 nitrogen and oxygen atoms in total. The molecule has 180 valence electrons. The quantitative estimate of drug-likeness (QED) is 0.462. The highest BCUT2D eigenvalue weighted by Gasteiger charge is 2.30. The summed E-state index contributed by atoms with van der Waals surface area (Å²) in [5, 5.41) is 4.41. The fourth-order valence-corrected chi connectivity index (χ4v) is 4.13. The zero-order valence-electron chi connectivity index (χ0n) is 18.3. The first kappa shape index (κ1) is 24.0. The molecule has 12 heteroatoms. The van der Waals surface area contributed by atoms with Gasteiger partial charge in [-0.2, -0.15) is 18.2 Å². The number of aromatic nitrogens is 3. The minimum absolute atomic E-state index is 0.0778. The summed E-state index contributed by atoms with van der Waals surface area (Å²) in [6, 6.07) is 9.62. The third-order valence-corrected chi connectivity index (χ3v) is 6.24. The first-order valence-corrected chi connectivity index (χ1v) is 11.4. The molecule has 0 spiro atoms. The highest BCUT2D eigenvalue weighted by Crippen LogP contribution is 2.29. The Morgan fingerprint density at radius 3 is 2.47 bits per heavy atom. The lowest BCUT2D eigenvalue weighted by atomic mass is 10.2. The number of carbonyl (C=O) groups excluding carboxylic acids is 1. The van der Waals surface area contributed by atoms with Crippen LogP contribution in [0.2, 0.25) is 0 Å². The smallest absolute Gasteiger partial charge is 0.417 e. The van der Waals surface area contributed by atoms with Crippen molar-refractivity contribution in [1.29, 1.82) is 0 Å². The molecule has 3 heterocycles. The highest BCUT2D eigenvalue weighted by molar-refractivity contribution is 7.99. The number of hydrogen-bond donors (Lipinski definition) is 0. The fourth-order valence-electron chi connectivity index (χ4n) is 3.38. The van der Waals surface area contributed by atoms with Crippen molar-refractivity contribution in [1.82, 2.24) is 24.9 Å². The van der Waals surface area contributed by atoms with E-state index in [9.17, 15) is 18.0 Å². The molecule has 34 heavy (non-hydrogen) atoms. The summed E-state index contributed by atoms with van der Waals surface area (Å²) in [4.78, 5) is 24.6. The van der Waals surface area contributed by atoms with Crippen molar-refractivity contribution < 1.29 is 27.2 Å². The third kappa shape index (κ3) is 6.06. The van der Waals surface area contributed by atoms with Gasteiger partial charge in [0.15, 0.2) is 0 Å². The van der Waals surface area contributed by atoms with Crippen molar-refractivity contribution in [3.8, 4) is 17.1 Å². The molecule has 0 aliphatic carbocycles. The maximum absolute atomic E-state index is 12.6. The zero-order valence-corrected chi connectivity index (χ0v) is 19.1. The van der Waals surface area contributed by atoms with E-state index in [1.807, 2.05) is 24.3 Å². The van der Waals surface area contributed by atoms with Crippen LogP contribution in [0.25, 0.3) is 11.4 Å². The number of halogens is 3. The molecular weight excluding hydrogens is 471 g/mol. The topological polar surface area (TPSA) is 84.6 Å². The van der Waals surface area contributed by atoms with Crippen LogP contribution in [-0.4, -0.2) is 69.9 Å². The first-order chi connectivity index (χ1) is 16.3. The second-order valence-electron chi connectivity index (χ2n) is 7.57. The second-order valence-corrected chi connectivity index (χ2v) is 8.56. The molecule has 0 saturated carbocycles. The molecule has 1 saturated heterocycles. The van der Waals surface area contributed by atoms with Crippen molar-refractivity contribution >= 4 is 17.7 Å². The van der Waals surface area contributed by atoms with Gasteiger partial charge in [0.25, 0.3) is 0 Å². The number of carbonyl (C=O) groups is 1. The molecule has 0 bridgehead atoms. The molecule has 2 aromatic heterocycles. The number of methoxy groups -OCH3 is 1. The molecular formula is C22H22F3N5O3S. The lowest BCUT2D eigenvalue weighted by molar-refractivity contribution is -0.138. The van der Waals surface area contributed by atoms with Gasteiger partial charge in [-0.25, -0.2) is 4.98 Å². The van der Waals surface area contributed by atoms with Crippen molar-refractivity contribution in [2.45, 2.75) is 17.7 Å². The maximum atomic E-state index is 12.6. The number of amides is 1. The number of hydrogen-bond acceptors (Lipinski definition) is 8. The summed E-state index contributed by atoms with van der Waals surface area (Å²) in [5.74, 6) is 1.78. The molecule has 0 unspecified atom stereocenters. The largest absolute Gasteiger partial charge is 0.497 e. The first-order valence-electron chi connectivity index (χ1n) is 10.4. The van der Waals surface area contributed by atoms with E-state index in [1.165, 1.54) is 6.07 Å². The van der Waals surface area contributed by atoms with Gasteiger partial charge in [0.2, 0.25) is 17.6 Å². The predicted octanol–water partition coefficient (Wildman–Crippen LogP) is 3.60. The van der Waals surface area contributed by atoms with E-state index >= 15 is 0 Å². The van der Waals surface area contributed by atoms with Crippen molar-refractivity contribution in [2.75, 3.05) is 39.0 Å². The third-order valence-electron chi connectivity index (χ3n) is 5.31. The fraction of sp³-hybridized carbons (Fsp3) is 0.364. The molecule has 1 fully saturated rings. The SMILES string of the molecule is COc1ccc(-c2noc(CN3CCN(C(=O)CSc4ccc(C(F)(F)F)cn4)CC3)n2)cc1. The van der Waals surface area contributed by atoms with Crippen LogP contribution in [0.1, 0.15) is 11.5 Å². The van der Waals surface area contributed by atoms with Crippen LogP contribution in [0.4, 0.5) is 13.2 Å². The van der Waals surface area contributed by atoms with E-state index in [1.54, 1.807) is 12.0 Å². The molecule has 1 aliphatic rings. The summed E-state index contributed by atoms with van der Waals surface area (Å²) in [5.41, 5.74) is 0.0166. The Morgan fingerprint density at radius 1 is 1.12 bits per heavy atom. The molecule has 0 N–H and O–H groups in total. The van der Waals surface area contributed by atoms with Crippen molar-refractivity contribution in [2.24, 2.45) is 0 Å². The van der Waals surface area contributed by atoms with Gasteiger partial charge in [0.05, 0.1) is 30.0 Å². The van der Waals surface area contributed by atoms with Gasteiger partial charge in [-0.3, -0.25) is 9.69 Å². The lowest BCUT2D eigenvalue weighted by Gasteiger charge is -2.33. The van der Waals surface area contributed by atoms with E-state index < -0.39 is 11.7 Å². The summed E-state index contributed by atoms with van der Waals surface area (Å²) in [7, 11) is 1.60. The average molecular weight is 494 g/mol. The van der Waals surface area contributed by atoms with E-state index in [-0.39, 0.29) is 11.7 Å². The van der Waals surface area contributed by atoms with Crippen LogP contribution in [0, 0.1) is 0 Å². The lowest BCUT2D eigenvalue weighted by Crippen LogP contribution is -2.48. The molecule has 4 rings (SSSR count). The van der Waals surface area contributed by atoms with Gasteiger partial charge >= 0.3 is 6.18 Å². The minimum atomic E-state index is -4.43. The Balaban J connectivity index is 1.22. The highest BCUT2D eigenvalue weighted by atomic mass is 32.2. The molecule has 0 atom stereocenters. The van der Waals surface area contributed by atoms with Gasteiger partial charge in [-0.05, 0) is 36.4 Å². The number of thioether (sulfide) groups is 1. The molecule has 1 aromatic carbocycles. The Morgan fingerprint density at radius 2 is 1.85 bits per heavy atom. The predicted molar refractivity (Wildman–Crippen MR) is 118 cm³/mol. The van der Waals surface area contributed by atoms with Crippen molar-refractivity contribution in [3.05, 3.63) is 54.0 Å². The van der Waals surface area contributed by atoms with E-state index in [0.29, 0.717) is 49.5 Å². The summed E-state index contributed by atoms with van der Waals surface area (Å²) in [6.07, 6.45) is -3.65. The molecule has 0 radical (unpaired) electrons. The normalized spacial score (nSPS) is 14.9. The summed E-state index contributed by atoms with van der Waals surface area (Å²) in [6.45, 7) is 2.86. The van der Waals surface area contributed by atoms with E-state index in [0.717, 1.165) is 35.3 Å². The summed E-state index contributed by atoms with van der Waals surface area (Å²) >= 11 is 1.12. The Hall–Kier alpha value is -3.12. The number of rotatable bonds is 7. The van der Waals surface area contributed by atoms with Crippen LogP contribution < -0.4 is 4.74 Å². The van der Waals surface area contributed by atoms with Gasteiger partial charge in [-0.15, -0.1) is 0 Å². The van der Waals surface area contributed by atoms with Crippen LogP contribution in [-0.2, 0) is 17.5 Å². The van der Waals surface area contributed by atoms with E-state index in [2.05, 4.69) is 20.0 Å². The number of pyridine rings is 1. The average Bonchev–Trinajstić information content (AvgIpc) is 3.31. The Labute approximate surface area is 198 Å². The minimum Gasteiger partial charge on any atom is -0.497 e. The van der Waals surface area contributed by atoms with Crippen LogP contribution >= 0.6 is 11.8 Å². The monoisotopic (exact) mass is 493 g/mol. The number of alkyl halides is 3. The van der Waals surface area contributed by atoms with Gasteiger partial charge < -0.3 is 14.2 Å². The standard InChI is InChI=1S/C22H22F3N5O3S/c1-32-17-5-2-15(3-6-17)21-27-18(33-28-21)13-29-8-10-30(11-9-29)20(31)14-34-19-7-4-16(12-26-19)22(23,24)25/h2-7,12H,8-11,13-14H2,1H3. The van der Waals surface area contributed by atoms with Crippen LogP contribution in [0.15, 0.2) is 52.1 Å². The van der Waals surface area contributed by atoms with Crippen LogP contribution in [0.5, 0.6) is 5.75 Å². The molecule has 1 aliphatic heterocycles. The van der Waals surface area contributed by atoms with E-state index in [4.69, 9.17) is 9.26 Å². The van der Waals surface area contributed by atoms with Crippen molar-refractivity contribution in [3.63, 3.8) is 0 Å². The van der Waals surface area contributed by atoms with Crippen LogP contribution in [0.3, 0.4) is 0 Å². The number of nitrogens with zero attached hydrogens (tertiary/aromatic N) is 5. The van der Waals surface area contributed by atoms with Gasteiger partial charge in [0.1, 0.15) is 5.75 Å². The molecule has 3 aromatic rings. The molecule has 1 amide bonds. The Bertz CT molecular complexity index is 1100. The second kappa shape index (κ2) is 10.4. The van der Waals surface area contributed by atoms with Gasteiger partial charge in [0, 0.05) is 37.9 Å². The summed E-state index contributed by atoms with van der Waals surface area (Å²) < 4.78 is 48.4. The van der Waals surface area contributed by atoms with Gasteiger partial charge in [-0.1, -0.05) is 16.9 Å². The number of benzene rings is 1. The maximum Gasteiger partial charge on any atom is 0.417 e.